The average molecular weight is 361 g/mol. The molecule has 0 bridgehead atoms. The van der Waals surface area contributed by atoms with Crippen LogP contribution >= 0.6 is 11.6 Å². The molecule has 0 saturated heterocycles. The first-order valence-electron chi connectivity index (χ1n) is 8.36. The summed E-state index contributed by atoms with van der Waals surface area (Å²) < 4.78 is 10.6. The average Bonchev–Trinajstić information content (AvgIpc) is 2.63. The normalized spacial score (nSPS) is 10.3. The molecule has 2 aromatic carbocycles. The van der Waals surface area contributed by atoms with Crippen LogP contribution < -0.4 is 4.74 Å². The number of esters is 2. The minimum atomic E-state index is -0.647. The van der Waals surface area contributed by atoms with Crippen LogP contribution in [0.4, 0.5) is 0 Å². The van der Waals surface area contributed by atoms with Crippen molar-refractivity contribution >= 4 is 23.5 Å². The third-order valence-electron chi connectivity index (χ3n) is 3.64. The van der Waals surface area contributed by atoms with E-state index in [-0.39, 0.29) is 16.9 Å². The molecule has 132 valence electrons. The van der Waals surface area contributed by atoms with Gasteiger partial charge in [0.15, 0.2) is 0 Å². The van der Waals surface area contributed by atoms with E-state index < -0.39 is 11.9 Å². The molecule has 0 heterocycles. The first-order valence-corrected chi connectivity index (χ1v) is 8.74. The topological polar surface area (TPSA) is 52.6 Å². The monoisotopic (exact) mass is 360 g/mol. The van der Waals surface area contributed by atoms with Crippen molar-refractivity contribution in [3.63, 3.8) is 0 Å². The Balaban J connectivity index is 2.05. The van der Waals surface area contributed by atoms with Gasteiger partial charge < -0.3 is 9.47 Å². The molecule has 0 aliphatic carbocycles. The molecule has 0 aliphatic rings. The molecule has 0 amide bonds. The first-order chi connectivity index (χ1) is 12.1. The summed E-state index contributed by atoms with van der Waals surface area (Å²) in [6.07, 6.45) is 4.05. The Morgan fingerprint density at radius 1 is 0.880 bits per heavy atom. The molecule has 0 unspecified atom stereocenters. The molecule has 0 saturated carbocycles. The summed E-state index contributed by atoms with van der Waals surface area (Å²) >= 11 is 6.00. The van der Waals surface area contributed by atoms with Crippen LogP contribution in [0, 0.1) is 0 Å². The van der Waals surface area contributed by atoms with E-state index in [9.17, 15) is 9.59 Å². The zero-order chi connectivity index (χ0) is 18.1. The van der Waals surface area contributed by atoms with Crippen molar-refractivity contribution in [1.29, 1.82) is 0 Å². The molecular weight excluding hydrogens is 340 g/mol. The van der Waals surface area contributed by atoms with E-state index in [0.717, 1.165) is 25.7 Å². The summed E-state index contributed by atoms with van der Waals surface area (Å²) in [4.78, 5) is 24.7. The number of hydrogen-bond donors (Lipinski definition) is 0. The van der Waals surface area contributed by atoms with Gasteiger partial charge in [0.1, 0.15) is 5.75 Å². The van der Waals surface area contributed by atoms with E-state index in [4.69, 9.17) is 21.1 Å². The van der Waals surface area contributed by atoms with Crippen LogP contribution in [0.5, 0.6) is 5.75 Å². The van der Waals surface area contributed by atoms with Crippen LogP contribution in [0.3, 0.4) is 0 Å². The Bertz CT molecular complexity index is 727. The van der Waals surface area contributed by atoms with Gasteiger partial charge in [-0.1, -0.05) is 62.1 Å². The zero-order valence-corrected chi connectivity index (χ0v) is 14.9. The van der Waals surface area contributed by atoms with Crippen LogP contribution in [0.2, 0.25) is 5.02 Å². The molecule has 2 aromatic rings. The lowest BCUT2D eigenvalue weighted by atomic mass is 10.1. The van der Waals surface area contributed by atoms with Crippen molar-refractivity contribution in [2.45, 2.75) is 32.6 Å². The van der Waals surface area contributed by atoms with E-state index in [0.29, 0.717) is 11.6 Å². The Morgan fingerprint density at radius 2 is 1.52 bits per heavy atom. The fourth-order valence-corrected chi connectivity index (χ4v) is 2.47. The quantitative estimate of drug-likeness (QED) is 0.364. The highest BCUT2D eigenvalue weighted by molar-refractivity contribution is 6.32. The van der Waals surface area contributed by atoms with Crippen molar-refractivity contribution in [3.8, 4) is 5.75 Å². The van der Waals surface area contributed by atoms with Crippen molar-refractivity contribution in [3.05, 3.63) is 64.7 Å². The van der Waals surface area contributed by atoms with Gasteiger partial charge in [-0.25, -0.2) is 9.59 Å². The lowest BCUT2D eigenvalue weighted by molar-refractivity contribution is 0.0489. The summed E-state index contributed by atoms with van der Waals surface area (Å²) in [5.41, 5.74) is 0.344. The predicted molar refractivity (Wildman–Crippen MR) is 97.3 cm³/mol. The zero-order valence-electron chi connectivity index (χ0n) is 14.2. The first kappa shape index (κ1) is 19.0. The summed E-state index contributed by atoms with van der Waals surface area (Å²) in [5, 5.41) is 0.326. The van der Waals surface area contributed by atoms with Gasteiger partial charge in [-0.3, -0.25) is 0 Å². The third-order valence-corrected chi connectivity index (χ3v) is 3.95. The number of rotatable bonds is 8. The SMILES string of the molecule is CCCCCCOC(=O)c1ccccc1C(=O)Oc1ccccc1Cl. The molecule has 0 fully saturated rings. The van der Waals surface area contributed by atoms with E-state index in [1.807, 2.05) is 0 Å². The Labute approximate surface area is 152 Å². The number of ether oxygens (including phenoxy) is 2. The van der Waals surface area contributed by atoms with Crippen molar-refractivity contribution in [2.75, 3.05) is 6.61 Å². The lowest BCUT2D eigenvalue weighted by Gasteiger charge is -2.10. The number of carbonyl (C=O) groups is 2. The molecular formula is C20H21ClO4. The van der Waals surface area contributed by atoms with Crippen molar-refractivity contribution < 1.29 is 19.1 Å². The number of halogens is 1. The molecule has 0 aromatic heterocycles. The summed E-state index contributed by atoms with van der Waals surface area (Å²) in [7, 11) is 0. The van der Waals surface area contributed by atoms with Gasteiger partial charge in [0.2, 0.25) is 0 Å². The largest absolute Gasteiger partial charge is 0.462 e. The van der Waals surface area contributed by atoms with Gasteiger partial charge >= 0.3 is 11.9 Å². The van der Waals surface area contributed by atoms with Crippen molar-refractivity contribution in [2.24, 2.45) is 0 Å². The van der Waals surface area contributed by atoms with Gasteiger partial charge in [0.05, 0.1) is 22.8 Å². The molecule has 25 heavy (non-hydrogen) atoms. The fraction of sp³-hybridized carbons (Fsp3) is 0.300. The van der Waals surface area contributed by atoms with Gasteiger partial charge in [-0.15, -0.1) is 0 Å². The number of carbonyl (C=O) groups excluding carboxylic acids is 2. The second kappa shape index (κ2) is 9.84. The van der Waals surface area contributed by atoms with E-state index in [1.165, 1.54) is 6.07 Å². The minimum Gasteiger partial charge on any atom is -0.462 e. The molecule has 0 N–H and O–H groups in total. The fourth-order valence-electron chi connectivity index (χ4n) is 2.29. The Kier molecular flexibility index (Phi) is 7.48. The predicted octanol–water partition coefficient (Wildman–Crippen LogP) is 5.30. The molecule has 5 heteroatoms. The second-order valence-electron chi connectivity index (χ2n) is 5.56. The van der Waals surface area contributed by atoms with Gasteiger partial charge in [0, 0.05) is 0 Å². The highest BCUT2D eigenvalue weighted by Gasteiger charge is 2.20. The van der Waals surface area contributed by atoms with Gasteiger partial charge in [0.25, 0.3) is 0 Å². The molecule has 0 radical (unpaired) electrons. The third kappa shape index (κ3) is 5.61. The number of unbranched alkanes of at least 4 members (excludes halogenated alkanes) is 3. The van der Waals surface area contributed by atoms with E-state index in [1.54, 1.807) is 42.5 Å². The molecule has 0 aliphatic heterocycles. The highest BCUT2D eigenvalue weighted by atomic mass is 35.5. The summed E-state index contributed by atoms with van der Waals surface area (Å²) in [5.74, 6) is -0.924. The van der Waals surface area contributed by atoms with Crippen LogP contribution in [0.1, 0.15) is 53.3 Å². The van der Waals surface area contributed by atoms with Crippen LogP contribution in [-0.2, 0) is 4.74 Å². The van der Waals surface area contributed by atoms with Crippen LogP contribution in [-0.4, -0.2) is 18.5 Å². The smallest absolute Gasteiger partial charge is 0.344 e. The minimum absolute atomic E-state index is 0.154. The number of hydrogen-bond acceptors (Lipinski definition) is 4. The number of benzene rings is 2. The lowest BCUT2D eigenvalue weighted by Crippen LogP contribution is -2.16. The second-order valence-corrected chi connectivity index (χ2v) is 5.97. The Hall–Kier alpha value is -2.33. The summed E-state index contributed by atoms with van der Waals surface area (Å²) in [6, 6.07) is 13.1. The van der Waals surface area contributed by atoms with Crippen LogP contribution in [0.25, 0.3) is 0 Å². The van der Waals surface area contributed by atoms with E-state index in [2.05, 4.69) is 6.92 Å². The highest BCUT2D eigenvalue weighted by Crippen LogP contribution is 2.24. The molecule has 0 spiro atoms. The van der Waals surface area contributed by atoms with Crippen LogP contribution in [0.15, 0.2) is 48.5 Å². The summed E-state index contributed by atoms with van der Waals surface area (Å²) in [6.45, 7) is 2.46. The Morgan fingerprint density at radius 3 is 2.20 bits per heavy atom. The standard InChI is InChI=1S/C20H21ClO4/c1-2-3-4-9-14-24-19(22)15-10-5-6-11-16(15)20(23)25-18-13-8-7-12-17(18)21/h5-8,10-13H,2-4,9,14H2,1H3. The van der Waals surface area contributed by atoms with E-state index >= 15 is 0 Å². The van der Waals surface area contributed by atoms with Gasteiger partial charge in [-0.2, -0.15) is 0 Å². The maximum atomic E-state index is 12.4. The number of para-hydroxylation sites is 1. The van der Waals surface area contributed by atoms with Crippen molar-refractivity contribution in [1.82, 2.24) is 0 Å². The molecule has 4 nitrogen and oxygen atoms in total. The molecule has 2 rings (SSSR count). The van der Waals surface area contributed by atoms with Gasteiger partial charge in [-0.05, 0) is 30.7 Å². The molecule has 0 atom stereocenters. The maximum absolute atomic E-state index is 12.4. The maximum Gasteiger partial charge on any atom is 0.344 e.